The number of hydrogen-bond acceptors (Lipinski definition) is 3. The molecule has 0 fully saturated rings. The van der Waals surface area contributed by atoms with E-state index in [1.54, 1.807) is 0 Å². The van der Waals surface area contributed by atoms with Gasteiger partial charge in [0.2, 0.25) is 0 Å². The van der Waals surface area contributed by atoms with Crippen molar-refractivity contribution in [2.24, 2.45) is 0 Å². The monoisotopic (exact) mass is 165 g/mol. The molecule has 0 aromatic carbocycles. The zero-order valence-corrected chi connectivity index (χ0v) is 6.76. The summed E-state index contributed by atoms with van der Waals surface area (Å²) in [6.07, 6.45) is 1.85. The molecule has 0 aliphatic carbocycles. The van der Waals surface area contributed by atoms with Crippen molar-refractivity contribution >= 4 is 22.5 Å². The molecule has 0 atom stereocenters. The minimum atomic E-state index is 0.403. The lowest BCUT2D eigenvalue weighted by Crippen LogP contribution is -2.12. The van der Waals surface area contributed by atoms with Crippen LogP contribution < -0.4 is 17.3 Å². The lowest BCUT2D eigenvalue weighted by Gasteiger charge is -1.96. The molecular weight excluding hydrogens is 154 g/mol. The van der Waals surface area contributed by atoms with E-state index in [4.69, 9.17) is 17.3 Å². The van der Waals surface area contributed by atoms with Crippen molar-refractivity contribution in [2.45, 2.75) is 6.92 Å². The molecule has 0 saturated carbocycles. The largest absolute Gasteiger partial charge is 0.395 e. The van der Waals surface area contributed by atoms with Crippen molar-refractivity contribution in [3.8, 4) is 0 Å². The Hall–Kier alpha value is -1.78. The van der Waals surface area contributed by atoms with Crippen LogP contribution in [0.2, 0.25) is 0 Å². The number of H-pyrrole nitrogens is 1. The molecule has 0 saturated heterocycles. The third-order valence-corrected chi connectivity index (χ3v) is 2.10. The van der Waals surface area contributed by atoms with Gasteiger partial charge in [0.15, 0.2) is 0 Å². The van der Waals surface area contributed by atoms with E-state index in [9.17, 15) is 0 Å². The number of fused-ring (bicyclic) bond motifs is 1. The Morgan fingerprint density at radius 2 is 2.08 bits per heavy atom. The van der Waals surface area contributed by atoms with Gasteiger partial charge < -0.3 is 22.3 Å². The minimum absolute atomic E-state index is 0.403. The summed E-state index contributed by atoms with van der Waals surface area (Å²) < 4.78 is 1.36. The maximum atomic E-state index is 5.74. The Balaban J connectivity index is 3.01. The Morgan fingerprint density at radius 1 is 1.42 bits per heavy atom. The summed E-state index contributed by atoms with van der Waals surface area (Å²) in [4.78, 5) is 3.00. The van der Waals surface area contributed by atoms with Crippen LogP contribution in [0.4, 0.5) is 11.5 Å². The van der Waals surface area contributed by atoms with Gasteiger partial charge in [-0.2, -0.15) is 0 Å². The fourth-order valence-corrected chi connectivity index (χ4v) is 1.42. The molecule has 0 spiro atoms. The van der Waals surface area contributed by atoms with Crippen molar-refractivity contribution in [1.29, 1.82) is 0 Å². The number of aromatic nitrogens is 2. The van der Waals surface area contributed by atoms with Crippen LogP contribution in [0, 0.1) is 6.92 Å². The van der Waals surface area contributed by atoms with Gasteiger partial charge >= 0.3 is 0 Å². The zero-order valence-electron chi connectivity index (χ0n) is 6.76. The molecule has 2 rings (SSSR count). The molecule has 64 valence electrons. The number of aromatic amines is 1. The van der Waals surface area contributed by atoms with Gasteiger partial charge in [0, 0.05) is 11.6 Å². The van der Waals surface area contributed by atoms with Gasteiger partial charge in [-0.15, -0.1) is 0 Å². The average molecular weight is 165 g/mol. The van der Waals surface area contributed by atoms with Gasteiger partial charge in [0.05, 0.1) is 5.69 Å². The quantitative estimate of drug-likeness (QED) is 0.418. The van der Waals surface area contributed by atoms with E-state index < -0.39 is 0 Å². The van der Waals surface area contributed by atoms with Crippen molar-refractivity contribution in [1.82, 2.24) is 9.66 Å². The lowest BCUT2D eigenvalue weighted by molar-refractivity contribution is 1.06. The number of nitrogens with two attached hydrogens (primary N) is 3. The highest BCUT2D eigenvalue weighted by Gasteiger charge is 2.13. The molecule has 0 amide bonds. The molecule has 7 N–H and O–H groups in total. The number of nitrogens with one attached hydrogen (secondary N) is 1. The highest BCUT2D eigenvalue weighted by molar-refractivity contribution is 5.99. The normalized spacial score (nSPS) is 11.1. The summed E-state index contributed by atoms with van der Waals surface area (Å²) in [5, 5.41) is 0.912. The van der Waals surface area contributed by atoms with E-state index in [0.717, 1.165) is 16.6 Å². The highest BCUT2D eigenvalue weighted by Crippen LogP contribution is 2.30. The van der Waals surface area contributed by atoms with Gasteiger partial charge in [0.1, 0.15) is 11.5 Å². The first-order chi connectivity index (χ1) is 5.63. The molecule has 0 aliphatic rings. The number of nitrogen functional groups attached to an aromatic ring is 3. The summed E-state index contributed by atoms with van der Waals surface area (Å²) in [7, 11) is 0. The molecule has 0 aliphatic heterocycles. The first-order valence-corrected chi connectivity index (χ1v) is 3.61. The summed E-state index contributed by atoms with van der Waals surface area (Å²) in [6, 6.07) is 0. The van der Waals surface area contributed by atoms with Gasteiger partial charge in [-0.1, -0.05) is 0 Å². The van der Waals surface area contributed by atoms with Crippen molar-refractivity contribution in [3.63, 3.8) is 0 Å². The number of nitrogens with zero attached hydrogens (tertiary/aromatic N) is 1. The Kier molecular flexibility index (Phi) is 1.08. The SMILES string of the molecule is Cc1c[nH]c2c1c(N)c(N)n2N. The van der Waals surface area contributed by atoms with Gasteiger partial charge in [-0.3, -0.25) is 0 Å². The van der Waals surface area contributed by atoms with Gasteiger partial charge in [-0.05, 0) is 12.5 Å². The van der Waals surface area contributed by atoms with Crippen molar-refractivity contribution in [3.05, 3.63) is 11.8 Å². The molecule has 5 nitrogen and oxygen atoms in total. The van der Waals surface area contributed by atoms with E-state index in [0.29, 0.717) is 11.5 Å². The fraction of sp³-hybridized carbons (Fsp3) is 0.143. The second kappa shape index (κ2) is 1.88. The van der Waals surface area contributed by atoms with Crippen LogP contribution >= 0.6 is 0 Å². The van der Waals surface area contributed by atoms with E-state index in [2.05, 4.69) is 4.98 Å². The Labute approximate surface area is 69.1 Å². The number of aryl methyl sites for hydroxylation is 1. The molecule has 0 bridgehead atoms. The maximum absolute atomic E-state index is 5.74. The Bertz CT molecular complexity index is 436. The highest BCUT2D eigenvalue weighted by atomic mass is 15.3. The predicted octanol–water partition coefficient (Wildman–Crippen LogP) is 0.156. The van der Waals surface area contributed by atoms with E-state index in [1.165, 1.54) is 4.68 Å². The van der Waals surface area contributed by atoms with E-state index in [-0.39, 0.29) is 0 Å². The van der Waals surface area contributed by atoms with Crippen LogP contribution in [-0.2, 0) is 0 Å². The summed E-state index contributed by atoms with van der Waals surface area (Å²) in [6.45, 7) is 1.95. The molecule has 12 heavy (non-hydrogen) atoms. The average Bonchev–Trinajstić information content (AvgIpc) is 2.51. The molecule has 5 heteroatoms. The standard InChI is InChI=1S/C7H11N5/c1-3-2-11-7-4(3)5(8)6(9)12(7)10/h2,11H,8-10H2,1H3. The molecular formula is C7H11N5. The second-order valence-corrected chi connectivity index (χ2v) is 2.86. The predicted molar refractivity (Wildman–Crippen MR) is 50.0 cm³/mol. The van der Waals surface area contributed by atoms with Gasteiger partial charge in [-0.25, -0.2) is 4.68 Å². The first kappa shape index (κ1) is 6.90. The van der Waals surface area contributed by atoms with Crippen LogP contribution in [0.15, 0.2) is 6.20 Å². The summed E-state index contributed by atoms with van der Waals surface area (Å²) in [5.41, 5.74) is 13.7. The molecule has 0 radical (unpaired) electrons. The van der Waals surface area contributed by atoms with Crippen LogP contribution in [0.5, 0.6) is 0 Å². The smallest absolute Gasteiger partial charge is 0.148 e. The first-order valence-electron chi connectivity index (χ1n) is 3.61. The van der Waals surface area contributed by atoms with Crippen LogP contribution in [0.1, 0.15) is 5.56 Å². The molecule has 2 heterocycles. The molecule has 2 aromatic heterocycles. The topological polar surface area (TPSA) is 98.8 Å². The number of rotatable bonds is 0. The summed E-state index contributed by atoms with van der Waals surface area (Å²) >= 11 is 0. The Morgan fingerprint density at radius 3 is 2.67 bits per heavy atom. The fourth-order valence-electron chi connectivity index (χ4n) is 1.42. The second-order valence-electron chi connectivity index (χ2n) is 2.86. The van der Waals surface area contributed by atoms with Crippen LogP contribution in [0.3, 0.4) is 0 Å². The number of hydrogen-bond donors (Lipinski definition) is 4. The number of anilines is 2. The van der Waals surface area contributed by atoms with Crippen molar-refractivity contribution < 1.29 is 0 Å². The third kappa shape index (κ3) is 0.578. The van der Waals surface area contributed by atoms with E-state index >= 15 is 0 Å². The molecule has 2 aromatic rings. The van der Waals surface area contributed by atoms with E-state index in [1.807, 2.05) is 13.1 Å². The third-order valence-electron chi connectivity index (χ3n) is 2.10. The zero-order chi connectivity index (χ0) is 8.88. The lowest BCUT2D eigenvalue weighted by atomic mass is 10.2. The van der Waals surface area contributed by atoms with Gasteiger partial charge in [0.25, 0.3) is 0 Å². The maximum Gasteiger partial charge on any atom is 0.148 e. The van der Waals surface area contributed by atoms with Crippen molar-refractivity contribution in [2.75, 3.05) is 17.3 Å². The molecule has 0 unspecified atom stereocenters. The van der Waals surface area contributed by atoms with Crippen LogP contribution in [-0.4, -0.2) is 9.66 Å². The minimum Gasteiger partial charge on any atom is -0.395 e. The van der Waals surface area contributed by atoms with Crippen LogP contribution in [0.25, 0.3) is 11.0 Å². The summed E-state index contributed by atoms with van der Waals surface area (Å²) in [5.74, 6) is 6.04.